The Labute approximate surface area is 204 Å². The molecule has 7 nitrogen and oxygen atoms in total. The molecule has 3 aromatic rings. The van der Waals surface area contributed by atoms with E-state index >= 15 is 0 Å². The number of hydrogen-bond acceptors (Lipinski definition) is 7. The molecule has 2 aromatic carbocycles. The summed E-state index contributed by atoms with van der Waals surface area (Å²) >= 11 is 1.22. The van der Waals surface area contributed by atoms with Crippen LogP contribution >= 0.6 is 11.8 Å². The normalized spacial score (nSPS) is 17.0. The topological polar surface area (TPSA) is 93.1 Å². The molecular formula is C25H28N4O3S2. The highest BCUT2D eigenvalue weighted by atomic mass is 32.2. The third-order valence-corrected chi connectivity index (χ3v) is 8.53. The van der Waals surface area contributed by atoms with Crippen molar-refractivity contribution in [3.63, 3.8) is 0 Å². The smallest absolute Gasteiger partial charge is 0.233 e. The zero-order valence-corrected chi connectivity index (χ0v) is 21.2. The third-order valence-electron chi connectivity index (χ3n) is 5.95. The molecule has 0 aliphatic carbocycles. The van der Waals surface area contributed by atoms with Gasteiger partial charge in [0, 0.05) is 23.7 Å². The highest BCUT2D eigenvalue weighted by Gasteiger charge is 2.33. The molecule has 0 bridgehead atoms. The largest absolute Gasteiger partial charge is 0.338 e. The Morgan fingerprint density at radius 2 is 1.56 bits per heavy atom. The molecule has 1 saturated heterocycles. The number of amides is 1. The maximum atomic E-state index is 12.9. The summed E-state index contributed by atoms with van der Waals surface area (Å²) < 4.78 is 23.7. The second kappa shape index (κ2) is 10.2. The summed E-state index contributed by atoms with van der Waals surface area (Å²) in [5.41, 5.74) is 5.55. The minimum absolute atomic E-state index is 0.0398. The van der Waals surface area contributed by atoms with Gasteiger partial charge in [-0.2, -0.15) is 0 Å². The van der Waals surface area contributed by atoms with Gasteiger partial charge in [0.1, 0.15) is 11.4 Å². The fraction of sp³-hybridized carbons (Fsp3) is 0.360. The Balaban J connectivity index is 1.57. The Morgan fingerprint density at radius 1 is 0.971 bits per heavy atom. The van der Waals surface area contributed by atoms with Gasteiger partial charge in [-0.05, 0) is 27.2 Å². The molecule has 0 N–H and O–H groups in total. The van der Waals surface area contributed by atoms with Gasteiger partial charge >= 0.3 is 0 Å². The Morgan fingerprint density at radius 3 is 2.09 bits per heavy atom. The Bertz CT molecular complexity index is 1280. The van der Waals surface area contributed by atoms with Gasteiger partial charge in [-0.15, -0.1) is 10.2 Å². The second-order valence-electron chi connectivity index (χ2n) is 8.55. The average Bonchev–Trinajstić information content (AvgIpc) is 3.18. The lowest BCUT2D eigenvalue weighted by Crippen LogP contribution is -2.42. The van der Waals surface area contributed by atoms with Crippen molar-refractivity contribution in [1.29, 1.82) is 0 Å². The van der Waals surface area contributed by atoms with E-state index in [1.807, 2.05) is 69.3 Å². The van der Waals surface area contributed by atoms with Crippen molar-refractivity contribution < 1.29 is 13.2 Å². The van der Waals surface area contributed by atoms with Crippen molar-refractivity contribution in [1.82, 2.24) is 20.1 Å². The van der Waals surface area contributed by atoms with Crippen LogP contribution in [0.5, 0.6) is 0 Å². The standard InChI is InChI=1S/C25H28N4O3S2/c1-4-29(21-13-14-34(31,32)16-21)22(30)15-33-25-26-23(19-9-5-17(2)6-10-19)24(27-28-25)20-11-7-18(3)8-12-20/h5-12,21H,4,13-16H2,1-3H3/t21-/m0/s1. The Kier molecular flexibility index (Phi) is 7.33. The highest BCUT2D eigenvalue weighted by molar-refractivity contribution is 7.99. The van der Waals surface area contributed by atoms with Gasteiger partial charge in [0.05, 0.1) is 17.3 Å². The molecule has 4 rings (SSSR count). The number of thioether (sulfide) groups is 1. The van der Waals surface area contributed by atoms with E-state index in [0.717, 1.165) is 22.3 Å². The molecule has 0 radical (unpaired) electrons. The lowest BCUT2D eigenvalue weighted by Gasteiger charge is -2.26. The molecule has 1 atom stereocenters. The number of hydrogen-bond donors (Lipinski definition) is 0. The summed E-state index contributed by atoms with van der Waals surface area (Å²) in [4.78, 5) is 19.3. The molecule has 1 aromatic heterocycles. The minimum Gasteiger partial charge on any atom is -0.338 e. The van der Waals surface area contributed by atoms with Crippen LogP contribution in [0.1, 0.15) is 24.5 Å². The number of rotatable bonds is 7. The van der Waals surface area contributed by atoms with Crippen molar-refractivity contribution in [2.75, 3.05) is 23.8 Å². The fourth-order valence-electron chi connectivity index (χ4n) is 4.06. The van der Waals surface area contributed by atoms with Crippen molar-refractivity contribution in [3.8, 4) is 22.5 Å². The molecule has 1 aliphatic rings. The number of aromatic nitrogens is 3. The predicted molar refractivity (Wildman–Crippen MR) is 135 cm³/mol. The van der Waals surface area contributed by atoms with Crippen LogP contribution in [0.2, 0.25) is 0 Å². The number of benzene rings is 2. The lowest BCUT2D eigenvalue weighted by atomic mass is 10.0. The second-order valence-corrected chi connectivity index (χ2v) is 11.7. The highest BCUT2D eigenvalue weighted by Crippen LogP contribution is 2.30. The summed E-state index contributed by atoms with van der Waals surface area (Å²) in [6.45, 7) is 6.41. The van der Waals surface area contributed by atoms with E-state index in [9.17, 15) is 13.2 Å². The van der Waals surface area contributed by atoms with Crippen molar-refractivity contribution in [2.24, 2.45) is 0 Å². The molecule has 1 fully saturated rings. The molecule has 0 saturated carbocycles. The van der Waals surface area contributed by atoms with E-state index in [-0.39, 0.29) is 29.2 Å². The first-order chi connectivity index (χ1) is 16.3. The van der Waals surface area contributed by atoms with E-state index in [4.69, 9.17) is 4.98 Å². The summed E-state index contributed by atoms with van der Waals surface area (Å²) in [7, 11) is -3.06. The van der Waals surface area contributed by atoms with Crippen molar-refractivity contribution >= 4 is 27.5 Å². The summed E-state index contributed by atoms with van der Waals surface area (Å²) in [5.74, 6) is 0.196. The maximum Gasteiger partial charge on any atom is 0.233 e. The molecule has 1 aliphatic heterocycles. The number of carbonyl (C=O) groups is 1. The quantitative estimate of drug-likeness (QED) is 0.457. The van der Waals surface area contributed by atoms with E-state index in [2.05, 4.69) is 10.2 Å². The van der Waals surface area contributed by atoms with Crippen LogP contribution in [-0.2, 0) is 14.6 Å². The first-order valence-electron chi connectivity index (χ1n) is 11.3. The van der Waals surface area contributed by atoms with Gasteiger partial charge in [0.2, 0.25) is 11.1 Å². The predicted octanol–water partition coefficient (Wildman–Crippen LogP) is 3.95. The average molecular weight is 497 g/mol. The molecule has 0 unspecified atom stereocenters. The number of carbonyl (C=O) groups excluding carboxylic acids is 1. The number of nitrogens with zero attached hydrogens (tertiary/aromatic N) is 4. The van der Waals surface area contributed by atoms with Crippen LogP contribution in [0.25, 0.3) is 22.5 Å². The fourth-order valence-corrected chi connectivity index (χ4v) is 6.46. The van der Waals surface area contributed by atoms with Crippen LogP contribution in [0, 0.1) is 13.8 Å². The first kappa shape index (κ1) is 24.3. The summed E-state index contributed by atoms with van der Waals surface area (Å²) in [5, 5.41) is 9.19. The molecular weight excluding hydrogens is 468 g/mol. The van der Waals surface area contributed by atoms with E-state index in [1.54, 1.807) is 4.90 Å². The zero-order chi connectivity index (χ0) is 24.3. The van der Waals surface area contributed by atoms with Crippen LogP contribution in [-0.4, -0.2) is 64.3 Å². The van der Waals surface area contributed by atoms with Gasteiger partial charge in [-0.3, -0.25) is 4.79 Å². The monoisotopic (exact) mass is 496 g/mol. The third kappa shape index (κ3) is 5.64. The molecule has 178 valence electrons. The zero-order valence-electron chi connectivity index (χ0n) is 19.6. The van der Waals surface area contributed by atoms with E-state index in [1.165, 1.54) is 11.8 Å². The van der Waals surface area contributed by atoms with Crippen molar-refractivity contribution in [2.45, 2.75) is 38.4 Å². The maximum absolute atomic E-state index is 12.9. The van der Waals surface area contributed by atoms with Gasteiger partial charge in [0.25, 0.3) is 0 Å². The first-order valence-corrected chi connectivity index (χ1v) is 14.1. The SMILES string of the molecule is CCN(C(=O)CSc1nnc(-c2ccc(C)cc2)c(-c2ccc(C)cc2)n1)[C@H]1CCS(=O)(=O)C1. The van der Waals surface area contributed by atoms with Crippen LogP contribution in [0.3, 0.4) is 0 Å². The van der Waals surface area contributed by atoms with E-state index < -0.39 is 9.84 Å². The lowest BCUT2D eigenvalue weighted by molar-refractivity contribution is -0.129. The van der Waals surface area contributed by atoms with Gasteiger partial charge in [0.15, 0.2) is 9.84 Å². The summed E-state index contributed by atoms with van der Waals surface area (Å²) in [6.07, 6.45) is 0.494. The Hall–Kier alpha value is -2.78. The van der Waals surface area contributed by atoms with Gasteiger partial charge in [-0.1, -0.05) is 71.4 Å². The molecule has 0 spiro atoms. The van der Waals surface area contributed by atoms with Gasteiger partial charge < -0.3 is 4.90 Å². The van der Waals surface area contributed by atoms with Gasteiger partial charge in [-0.25, -0.2) is 13.4 Å². The molecule has 1 amide bonds. The molecule has 34 heavy (non-hydrogen) atoms. The van der Waals surface area contributed by atoms with E-state index in [0.29, 0.717) is 29.5 Å². The van der Waals surface area contributed by atoms with Crippen LogP contribution in [0.15, 0.2) is 53.7 Å². The van der Waals surface area contributed by atoms with Crippen LogP contribution in [0.4, 0.5) is 0 Å². The molecule has 2 heterocycles. The van der Waals surface area contributed by atoms with Crippen LogP contribution < -0.4 is 0 Å². The molecule has 9 heteroatoms. The minimum atomic E-state index is -3.06. The van der Waals surface area contributed by atoms with Crippen molar-refractivity contribution in [3.05, 3.63) is 59.7 Å². The number of sulfone groups is 1. The number of aryl methyl sites for hydroxylation is 2. The summed E-state index contributed by atoms with van der Waals surface area (Å²) in [6, 6.07) is 15.9.